The molecular formula is C13H21IO3. The third-order valence-corrected chi connectivity index (χ3v) is 4.53. The molecule has 1 saturated carbocycles. The molecule has 0 spiro atoms. The Labute approximate surface area is 117 Å². The molecular weight excluding hydrogens is 331 g/mol. The van der Waals surface area contributed by atoms with Gasteiger partial charge < -0.3 is 9.47 Å². The monoisotopic (exact) mass is 352 g/mol. The van der Waals surface area contributed by atoms with Crippen LogP contribution in [0.5, 0.6) is 0 Å². The summed E-state index contributed by atoms with van der Waals surface area (Å²) in [5.41, 5.74) is 0. The minimum atomic E-state index is -0.577. The largest absolute Gasteiger partial charge is 0.347 e. The van der Waals surface area contributed by atoms with Gasteiger partial charge in [0.15, 0.2) is 5.79 Å². The van der Waals surface area contributed by atoms with Crippen molar-refractivity contribution in [2.24, 2.45) is 5.92 Å². The number of ketones is 1. The van der Waals surface area contributed by atoms with E-state index in [4.69, 9.17) is 9.47 Å². The van der Waals surface area contributed by atoms with E-state index >= 15 is 0 Å². The van der Waals surface area contributed by atoms with E-state index in [1.165, 1.54) is 6.42 Å². The van der Waals surface area contributed by atoms with Gasteiger partial charge in [-0.1, -0.05) is 35.4 Å². The van der Waals surface area contributed by atoms with Crippen LogP contribution in [0, 0.1) is 5.92 Å². The Bertz CT molecular complexity index is 261. The van der Waals surface area contributed by atoms with Crippen LogP contribution in [0.1, 0.15) is 44.9 Å². The Hall–Kier alpha value is 0.320. The molecule has 1 atom stereocenters. The van der Waals surface area contributed by atoms with Gasteiger partial charge in [0.05, 0.1) is 19.1 Å². The van der Waals surface area contributed by atoms with Gasteiger partial charge in [-0.2, -0.15) is 0 Å². The molecule has 2 fully saturated rings. The summed E-state index contributed by atoms with van der Waals surface area (Å²) in [5, 5.41) is 0. The molecule has 0 aromatic carbocycles. The van der Waals surface area contributed by atoms with Crippen LogP contribution in [0.4, 0.5) is 0 Å². The number of ether oxygens (including phenoxy) is 2. The second-order valence-corrected chi connectivity index (χ2v) is 6.00. The molecule has 1 unspecified atom stereocenters. The van der Waals surface area contributed by atoms with Gasteiger partial charge >= 0.3 is 0 Å². The number of rotatable bonds is 4. The molecule has 1 heterocycles. The fourth-order valence-corrected chi connectivity index (χ4v) is 3.31. The van der Waals surface area contributed by atoms with E-state index in [1.54, 1.807) is 0 Å². The van der Waals surface area contributed by atoms with Crippen LogP contribution in [-0.4, -0.2) is 29.2 Å². The fourth-order valence-electron chi connectivity index (χ4n) is 2.93. The average molecular weight is 352 g/mol. The zero-order chi connectivity index (χ0) is 12.1. The first-order valence-corrected chi connectivity index (χ1v) is 8.18. The van der Waals surface area contributed by atoms with Gasteiger partial charge in [-0.25, -0.2) is 0 Å². The van der Waals surface area contributed by atoms with E-state index in [1.807, 2.05) is 0 Å². The molecule has 0 bridgehead atoms. The molecule has 0 aromatic rings. The quantitative estimate of drug-likeness (QED) is 0.443. The number of alkyl halides is 1. The first-order chi connectivity index (χ1) is 8.28. The van der Waals surface area contributed by atoms with E-state index in [9.17, 15) is 4.79 Å². The Balaban J connectivity index is 2.10. The van der Waals surface area contributed by atoms with Crippen LogP contribution >= 0.6 is 22.6 Å². The first-order valence-electron chi connectivity index (χ1n) is 6.65. The number of hydrogen-bond acceptors (Lipinski definition) is 3. The van der Waals surface area contributed by atoms with E-state index in [0.717, 1.165) is 36.5 Å². The van der Waals surface area contributed by atoms with Gasteiger partial charge in [0.1, 0.15) is 5.78 Å². The van der Waals surface area contributed by atoms with Crippen molar-refractivity contribution < 1.29 is 14.3 Å². The summed E-state index contributed by atoms with van der Waals surface area (Å²) >= 11 is 2.37. The Morgan fingerprint density at radius 3 is 2.71 bits per heavy atom. The number of halogens is 1. The standard InChI is InChI=1S/C13H21IO3/c14-8-4-7-13(16-9-10-17-13)11-5-2-1-3-6-12(11)15/h11H,1-10H2. The molecule has 1 aliphatic carbocycles. The van der Waals surface area contributed by atoms with Gasteiger partial charge in [-0.05, 0) is 23.7 Å². The minimum absolute atomic E-state index is 0.0181. The average Bonchev–Trinajstić information content (AvgIpc) is 2.70. The lowest BCUT2D eigenvalue weighted by atomic mass is 9.87. The van der Waals surface area contributed by atoms with Crippen LogP contribution in [-0.2, 0) is 14.3 Å². The molecule has 1 saturated heterocycles. The van der Waals surface area contributed by atoms with Gasteiger partial charge in [0.2, 0.25) is 0 Å². The Morgan fingerprint density at radius 2 is 2.00 bits per heavy atom. The molecule has 17 heavy (non-hydrogen) atoms. The van der Waals surface area contributed by atoms with Gasteiger partial charge in [0.25, 0.3) is 0 Å². The van der Waals surface area contributed by atoms with Crippen LogP contribution in [0.2, 0.25) is 0 Å². The fraction of sp³-hybridized carbons (Fsp3) is 0.923. The third kappa shape index (κ3) is 3.20. The summed E-state index contributed by atoms with van der Waals surface area (Å²) in [4.78, 5) is 12.2. The Morgan fingerprint density at radius 1 is 1.24 bits per heavy atom. The van der Waals surface area contributed by atoms with Crippen molar-refractivity contribution in [3.05, 3.63) is 0 Å². The topological polar surface area (TPSA) is 35.5 Å². The van der Waals surface area contributed by atoms with Crippen LogP contribution in [0.25, 0.3) is 0 Å². The van der Waals surface area contributed by atoms with Crippen molar-refractivity contribution in [3.8, 4) is 0 Å². The van der Waals surface area contributed by atoms with E-state index < -0.39 is 5.79 Å². The summed E-state index contributed by atoms with van der Waals surface area (Å²) in [6.07, 6.45) is 6.93. The molecule has 3 nitrogen and oxygen atoms in total. The smallest absolute Gasteiger partial charge is 0.178 e. The highest BCUT2D eigenvalue weighted by Crippen LogP contribution is 2.39. The highest BCUT2D eigenvalue weighted by atomic mass is 127. The zero-order valence-electron chi connectivity index (χ0n) is 10.3. The van der Waals surface area contributed by atoms with E-state index in [-0.39, 0.29) is 5.92 Å². The molecule has 0 radical (unpaired) electrons. The number of carbonyl (C=O) groups is 1. The summed E-state index contributed by atoms with van der Waals surface area (Å²) in [7, 11) is 0. The zero-order valence-corrected chi connectivity index (χ0v) is 12.4. The van der Waals surface area contributed by atoms with Crippen molar-refractivity contribution in [1.82, 2.24) is 0 Å². The number of hydrogen-bond donors (Lipinski definition) is 0. The van der Waals surface area contributed by atoms with Crippen molar-refractivity contribution in [1.29, 1.82) is 0 Å². The lowest BCUT2D eigenvalue weighted by Crippen LogP contribution is -2.43. The van der Waals surface area contributed by atoms with Gasteiger partial charge in [-0.15, -0.1) is 0 Å². The predicted octanol–water partition coefficient (Wildman–Crippen LogP) is 3.09. The molecule has 0 amide bonds. The van der Waals surface area contributed by atoms with Crippen LogP contribution in [0.15, 0.2) is 0 Å². The maximum atomic E-state index is 12.2. The normalized spacial score (nSPS) is 29.2. The van der Waals surface area contributed by atoms with E-state index in [2.05, 4.69) is 22.6 Å². The van der Waals surface area contributed by atoms with Gasteiger partial charge in [-0.3, -0.25) is 4.79 Å². The maximum absolute atomic E-state index is 12.2. The molecule has 0 aromatic heterocycles. The van der Waals surface area contributed by atoms with Crippen LogP contribution in [0.3, 0.4) is 0 Å². The second kappa shape index (κ2) is 6.48. The molecule has 2 rings (SSSR count). The van der Waals surface area contributed by atoms with Gasteiger partial charge in [0, 0.05) is 12.8 Å². The summed E-state index contributed by atoms with van der Waals surface area (Å²) in [6, 6.07) is 0. The third-order valence-electron chi connectivity index (χ3n) is 3.77. The summed E-state index contributed by atoms with van der Waals surface area (Å²) in [5.74, 6) is -0.236. The highest BCUT2D eigenvalue weighted by molar-refractivity contribution is 14.1. The van der Waals surface area contributed by atoms with Crippen molar-refractivity contribution in [3.63, 3.8) is 0 Å². The van der Waals surface area contributed by atoms with E-state index in [0.29, 0.717) is 25.4 Å². The maximum Gasteiger partial charge on any atom is 0.178 e. The molecule has 2 aliphatic rings. The molecule has 4 heteroatoms. The number of carbonyl (C=O) groups excluding carboxylic acids is 1. The number of Topliss-reactive ketones (excluding diaryl/α,β-unsaturated/α-hetero) is 1. The lowest BCUT2D eigenvalue weighted by molar-refractivity contribution is -0.202. The van der Waals surface area contributed by atoms with Crippen molar-refractivity contribution in [2.75, 3.05) is 17.6 Å². The second-order valence-electron chi connectivity index (χ2n) is 4.92. The van der Waals surface area contributed by atoms with Crippen molar-refractivity contribution in [2.45, 2.75) is 50.7 Å². The SMILES string of the molecule is O=C1CCCCCC1C1(CCCI)OCCO1. The highest BCUT2D eigenvalue weighted by Gasteiger charge is 2.47. The molecule has 0 N–H and O–H groups in total. The minimum Gasteiger partial charge on any atom is -0.347 e. The summed E-state index contributed by atoms with van der Waals surface area (Å²) in [6.45, 7) is 1.29. The predicted molar refractivity (Wildman–Crippen MR) is 74.3 cm³/mol. The summed E-state index contributed by atoms with van der Waals surface area (Å²) < 4.78 is 12.8. The first kappa shape index (κ1) is 13.7. The molecule has 98 valence electrons. The Kier molecular flexibility index (Phi) is 5.24. The lowest BCUT2D eigenvalue weighted by Gasteiger charge is -2.34. The van der Waals surface area contributed by atoms with Crippen LogP contribution < -0.4 is 0 Å². The van der Waals surface area contributed by atoms with Crippen molar-refractivity contribution >= 4 is 28.4 Å². The molecule has 1 aliphatic heterocycles.